The van der Waals surface area contributed by atoms with Gasteiger partial charge in [-0.3, -0.25) is 0 Å². The zero-order valence-corrected chi connectivity index (χ0v) is 10.3. The molecule has 0 amide bonds. The Morgan fingerprint density at radius 2 is 2.38 bits per heavy atom. The van der Waals surface area contributed by atoms with Gasteiger partial charge in [0.25, 0.3) is 0 Å². The number of pyridine rings is 1. The van der Waals surface area contributed by atoms with Gasteiger partial charge in [0, 0.05) is 21.4 Å². The number of hydrogen-bond acceptors (Lipinski definition) is 2. The molecule has 0 fully saturated rings. The summed E-state index contributed by atoms with van der Waals surface area (Å²) in [7, 11) is 0. The topological polar surface area (TPSA) is 38.9 Å². The quantitative estimate of drug-likeness (QED) is 0.688. The van der Waals surface area contributed by atoms with E-state index in [9.17, 15) is 0 Å². The second-order valence-electron chi connectivity index (χ2n) is 2.93. The molecule has 2 N–H and O–H groups in total. The maximum Gasteiger partial charge on any atom is 0.133 e. The van der Waals surface area contributed by atoms with E-state index < -0.39 is 0 Å². The first-order valence-electron chi connectivity index (χ1n) is 4.21. The minimum Gasteiger partial charge on any atom is -0.324 e. The summed E-state index contributed by atoms with van der Waals surface area (Å²) in [6.07, 6.45) is 3.75. The minimum atomic E-state index is 0.0136. The van der Waals surface area contributed by atoms with Crippen molar-refractivity contribution in [1.82, 2.24) is 4.98 Å². The van der Waals surface area contributed by atoms with E-state index in [1.165, 1.54) is 0 Å². The van der Waals surface area contributed by atoms with Crippen molar-refractivity contribution >= 4 is 34.2 Å². The van der Waals surface area contributed by atoms with Gasteiger partial charge in [-0.25, -0.2) is 4.98 Å². The van der Waals surface area contributed by atoms with Crippen molar-refractivity contribution in [2.75, 3.05) is 0 Å². The Hall–Kier alpha value is 0.130. The summed E-state index contributed by atoms with van der Waals surface area (Å²) in [6, 6.07) is 2.01. The zero-order valence-electron chi connectivity index (χ0n) is 7.43. The largest absolute Gasteiger partial charge is 0.324 e. The fourth-order valence-corrected chi connectivity index (χ4v) is 1.88. The van der Waals surface area contributed by atoms with E-state index in [1.54, 1.807) is 6.20 Å². The van der Waals surface area contributed by atoms with Crippen molar-refractivity contribution in [3.63, 3.8) is 0 Å². The Labute approximate surface area is 97.0 Å². The van der Waals surface area contributed by atoms with Crippen molar-refractivity contribution in [1.29, 1.82) is 0 Å². The maximum atomic E-state index is 5.95. The van der Waals surface area contributed by atoms with Crippen LogP contribution in [-0.2, 0) is 0 Å². The molecule has 1 rings (SSSR count). The molecule has 1 heterocycles. The molecule has 0 bridgehead atoms. The lowest BCUT2D eigenvalue weighted by Crippen LogP contribution is -2.11. The predicted octanol–water partition coefficient (Wildman–Crippen LogP) is 3.14. The van der Waals surface area contributed by atoms with Crippen molar-refractivity contribution in [2.45, 2.75) is 25.8 Å². The summed E-state index contributed by atoms with van der Waals surface area (Å²) in [5.41, 5.74) is 6.90. The van der Waals surface area contributed by atoms with Crippen molar-refractivity contribution in [3.8, 4) is 0 Å². The van der Waals surface area contributed by atoms with E-state index in [-0.39, 0.29) is 6.04 Å². The molecule has 0 radical (unpaired) electrons. The van der Waals surface area contributed by atoms with Crippen LogP contribution in [0.5, 0.6) is 0 Å². The van der Waals surface area contributed by atoms with Crippen LogP contribution >= 0.6 is 34.2 Å². The van der Waals surface area contributed by atoms with Crippen LogP contribution in [-0.4, -0.2) is 4.98 Å². The van der Waals surface area contributed by atoms with E-state index >= 15 is 0 Å². The van der Waals surface area contributed by atoms with Crippen LogP contribution in [0.4, 0.5) is 0 Å². The number of aromatic nitrogens is 1. The average molecular weight is 311 g/mol. The smallest absolute Gasteiger partial charge is 0.133 e. The van der Waals surface area contributed by atoms with Crippen molar-refractivity contribution in [2.24, 2.45) is 5.73 Å². The van der Waals surface area contributed by atoms with Gasteiger partial charge in [0.05, 0.1) is 0 Å². The molecular formula is C9H12ClIN2. The van der Waals surface area contributed by atoms with Crippen LogP contribution in [0, 0.1) is 3.57 Å². The number of rotatable bonds is 3. The number of nitrogens with two attached hydrogens (primary N) is 1. The monoisotopic (exact) mass is 310 g/mol. The summed E-state index contributed by atoms with van der Waals surface area (Å²) in [5, 5.41) is 0.529. The van der Waals surface area contributed by atoms with Crippen LogP contribution in [0.3, 0.4) is 0 Å². The Morgan fingerprint density at radius 1 is 1.69 bits per heavy atom. The van der Waals surface area contributed by atoms with Crippen LogP contribution < -0.4 is 5.73 Å². The van der Waals surface area contributed by atoms with Gasteiger partial charge in [-0.05, 0) is 35.1 Å². The van der Waals surface area contributed by atoms with E-state index in [1.807, 2.05) is 6.07 Å². The summed E-state index contributed by atoms with van der Waals surface area (Å²) >= 11 is 8.14. The van der Waals surface area contributed by atoms with Gasteiger partial charge in [0.2, 0.25) is 0 Å². The Balaban J connectivity index is 2.91. The fourth-order valence-electron chi connectivity index (χ4n) is 1.16. The van der Waals surface area contributed by atoms with Gasteiger partial charge in [0.15, 0.2) is 0 Å². The number of hydrogen-bond donors (Lipinski definition) is 1. The molecule has 0 saturated heterocycles. The number of halogens is 2. The normalized spacial score (nSPS) is 12.9. The van der Waals surface area contributed by atoms with Crippen LogP contribution in [0.1, 0.15) is 31.4 Å². The molecule has 0 aliphatic rings. The van der Waals surface area contributed by atoms with Crippen LogP contribution in [0.2, 0.25) is 5.15 Å². The lowest BCUT2D eigenvalue weighted by molar-refractivity contribution is 0.636. The van der Waals surface area contributed by atoms with Crippen LogP contribution in [0.25, 0.3) is 0 Å². The first kappa shape index (κ1) is 11.2. The number of nitrogens with zero attached hydrogens (tertiary/aromatic N) is 1. The molecule has 4 heteroatoms. The zero-order chi connectivity index (χ0) is 9.84. The lowest BCUT2D eigenvalue weighted by Gasteiger charge is -2.11. The standard InChI is InChI=1S/C9H12ClIN2/c1-2-3-8(12)7-4-6(11)5-13-9(7)10/h4-5,8H,2-3,12H2,1H3/t8-/m0/s1. The third kappa shape index (κ3) is 3.07. The molecule has 0 saturated carbocycles. The summed E-state index contributed by atoms with van der Waals surface area (Å²) < 4.78 is 1.07. The highest BCUT2D eigenvalue weighted by molar-refractivity contribution is 14.1. The Kier molecular flexibility index (Phi) is 4.41. The molecule has 2 nitrogen and oxygen atoms in total. The van der Waals surface area contributed by atoms with E-state index in [2.05, 4.69) is 34.5 Å². The summed E-state index contributed by atoms with van der Waals surface area (Å²) in [5.74, 6) is 0. The predicted molar refractivity (Wildman–Crippen MR) is 63.8 cm³/mol. The van der Waals surface area contributed by atoms with Gasteiger partial charge >= 0.3 is 0 Å². The summed E-state index contributed by atoms with van der Waals surface area (Å²) in [4.78, 5) is 4.06. The van der Waals surface area contributed by atoms with Gasteiger partial charge in [-0.1, -0.05) is 24.9 Å². The molecule has 0 aliphatic carbocycles. The lowest BCUT2D eigenvalue weighted by atomic mass is 10.1. The van der Waals surface area contributed by atoms with E-state index in [4.69, 9.17) is 17.3 Å². The molecule has 72 valence electrons. The highest BCUT2D eigenvalue weighted by Crippen LogP contribution is 2.23. The molecule has 1 aromatic heterocycles. The summed E-state index contributed by atoms with van der Waals surface area (Å²) in [6.45, 7) is 2.11. The van der Waals surface area contributed by atoms with Crippen LogP contribution in [0.15, 0.2) is 12.3 Å². The second kappa shape index (κ2) is 5.12. The fraction of sp³-hybridized carbons (Fsp3) is 0.444. The molecule has 0 unspecified atom stereocenters. The second-order valence-corrected chi connectivity index (χ2v) is 4.53. The van der Waals surface area contributed by atoms with Crippen molar-refractivity contribution in [3.05, 3.63) is 26.5 Å². The molecule has 1 atom stereocenters. The van der Waals surface area contributed by atoms with Gasteiger partial charge in [-0.15, -0.1) is 0 Å². The molecular weight excluding hydrogens is 298 g/mol. The average Bonchev–Trinajstić information content (AvgIpc) is 2.09. The molecule has 0 aromatic carbocycles. The molecule has 0 aliphatic heterocycles. The first-order valence-corrected chi connectivity index (χ1v) is 5.67. The molecule has 0 spiro atoms. The van der Waals surface area contributed by atoms with E-state index in [0.29, 0.717) is 5.15 Å². The SMILES string of the molecule is CCC[C@H](N)c1cc(I)cnc1Cl. The van der Waals surface area contributed by atoms with Crippen molar-refractivity contribution < 1.29 is 0 Å². The minimum absolute atomic E-state index is 0.0136. The highest BCUT2D eigenvalue weighted by Gasteiger charge is 2.10. The van der Waals surface area contributed by atoms with Gasteiger partial charge in [-0.2, -0.15) is 0 Å². The third-order valence-electron chi connectivity index (χ3n) is 1.83. The highest BCUT2D eigenvalue weighted by atomic mass is 127. The third-order valence-corrected chi connectivity index (χ3v) is 2.74. The first-order chi connectivity index (χ1) is 6.15. The maximum absolute atomic E-state index is 5.95. The van der Waals surface area contributed by atoms with E-state index in [0.717, 1.165) is 22.0 Å². The molecule has 1 aromatic rings. The van der Waals surface area contributed by atoms with Gasteiger partial charge < -0.3 is 5.73 Å². The van der Waals surface area contributed by atoms with Gasteiger partial charge in [0.1, 0.15) is 5.15 Å². The molecule has 13 heavy (non-hydrogen) atoms. The Bertz CT molecular complexity index is 291. The Morgan fingerprint density at radius 3 is 3.00 bits per heavy atom.